The van der Waals surface area contributed by atoms with Crippen LogP contribution in [0.1, 0.15) is 38.7 Å². The number of rotatable bonds is 7. The molecular weight excluding hydrogens is 438 g/mol. The molecule has 9 heteroatoms. The summed E-state index contributed by atoms with van der Waals surface area (Å²) in [5.74, 6) is -2.13. The first-order chi connectivity index (χ1) is 15.0. The van der Waals surface area contributed by atoms with E-state index in [1.165, 1.54) is 42.2 Å². The summed E-state index contributed by atoms with van der Waals surface area (Å²) < 4.78 is 53.6. The van der Waals surface area contributed by atoms with Crippen LogP contribution in [0.2, 0.25) is 0 Å². The van der Waals surface area contributed by atoms with Gasteiger partial charge in [0.1, 0.15) is 17.4 Å². The van der Waals surface area contributed by atoms with Crippen LogP contribution in [0.5, 0.6) is 0 Å². The monoisotopic (exact) mass is 466 g/mol. The zero-order chi connectivity index (χ0) is 23.7. The summed E-state index contributed by atoms with van der Waals surface area (Å²) in [4.78, 5) is 13.5. The van der Waals surface area contributed by atoms with Crippen LogP contribution in [0.4, 0.5) is 8.78 Å². The fourth-order valence-electron chi connectivity index (χ4n) is 4.62. The second-order valence-corrected chi connectivity index (χ2v) is 10.1. The van der Waals surface area contributed by atoms with Gasteiger partial charge in [-0.15, -0.1) is 0 Å². The number of primary sulfonamides is 1. The van der Waals surface area contributed by atoms with Crippen molar-refractivity contribution in [3.05, 3.63) is 59.7 Å². The number of aryl methyl sites for hydroxylation is 1. The minimum absolute atomic E-state index is 0.0304. The van der Waals surface area contributed by atoms with E-state index in [1.54, 1.807) is 19.1 Å². The van der Waals surface area contributed by atoms with Gasteiger partial charge in [0.05, 0.1) is 5.25 Å². The van der Waals surface area contributed by atoms with Crippen LogP contribution < -0.4 is 5.14 Å². The summed E-state index contributed by atoms with van der Waals surface area (Å²) in [5.41, 5.74) is -0.826. The fourth-order valence-corrected chi connectivity index (χ4v) is 5.92. The molecule has 1 aliphatic rings. The normalized spacial score (nSPS) is 22.2. The molecule has 3 N–H and O–H groups in total. The van der Waals surface area contributed by atoms with Crippen LogP contribution in [-0.4, -0.2) is 41.9 Å². The Bertz CT molecular complexity index is 1100. The van der Waals surface area contributed by atoms with E-state index in [0.29, 0.717) is 5.56 Å². The Kier molecular flexibility index (Phi) is 7.02. The highest BCUT2D eigenvalue weighted by atomic mass is 32.2. The van der Waals surface area contributed by atoms with E-state index in [-0.39, 0.29) is 49.3 Å². The molecule has 174 valence electrons. The number of likely N-dealkylation sites (tertiary alicyclic amines) is 1. The van der Waals surface area contributed by atoms with E-state index in [9.17, 15) is 22.7 Å². The summed E-state index contributed by atoms with van der Waals surface area (Å²) in [6, 6.07) is 10.3. The molecule has 1 fully saturated rings. The van der Waals surface area contributed by atoms with Crippen molar-refractivity contribution in [2.24, 2.45) is 11.1 Å². The van der Waals surface area contributed by atoms with Gasteiger partial charge < -0.3 is 10.0 Å². The summed E-state index contributed by atoms with van der Waals surface area (Å²) in [6.07, 6.45) is 0.467. The Morgan fingerprint density at radius 2 is 1.97 bits per heavy atom. The smallest absolute Gasteiger partial charge is 0.224 e. The number of nitrogens with zero attached hydrogens (tertiary/aromatic N) is 1. The lowest BCUT2D eigenvalue weighted by atomic mass is 9.90. The maximum absolute atomic E-state index is 15.2. The highest BCUT2D eigenvalue weighted by Crippen LogP contribution is 2.39. The van der Waals surface area contributed by atoms with E-state index in [2.05, 4.69) is 0 Å². The van der Waals surface area contributed by atoms with Gasteiger partial charge in [-0.2, -0.15) is 0 Å². The third kappa shape index (κ3) is 4.84. The molecule has 3 rings (SSSR count). The number of hydrogen-bond donors (Lipinski definition) is 2. The molecule has 0 spiro atoms. The van der Waals surface area contributed by atoms with E-state index in [1.807, 2.05) is 0 Å². The van der Waals surface area contributed by atoms with Crippen LogP contribution in [0.25, 0.3) is 11.1 Å². The summed E-state index contributed by atoms with van der Waals surface area (Å²) >= 11 is 0. The number of hydrogen-bond acceptors (Lipinski definition) is 4. The lowest BCUT2D eigenvalue weighted by Crippen LogP contribution is -2.53. The number of nitrogens with two attached hydrogens (primary N) is 1. The number of amides is 1. The SMILES string of the molecule is CCC(=O)N1CC[C@H](C(CCc2cccc(-c3cccc(F)c3)c2F)S(N)(=O)=O)[C@]1(C)O. The Hall–Kier alpha value is -2.36. The predicted octanol–water partition coefficient (Wildman–Crippen LogP) is 3.19. The Balaban J connectivity index is 1.87. The van der Waals surface area contributed by atoms with Crippen LogP contribution in [-0.2, 0) is 21.2 Å². The highest BCUT2D eigenvalue weighted by molar-refractivity contribution is 7.89. The molecule has 0 saturated carbocycles. The standard InChI is InChI=1S/C23H28F2N2O4S/c1-3-21(28)27-13-12-19(23(27,2)29)20(32(26,30)31)11-10-15-6-5-9-18(22(15)25)16-7-4-8-17(24)14-16/h4-9,14,19-20,29H,3,10-13H2,1-2H3,(H2,26,30,31)/t19-,20?,23+/m1/s1. The van der Waals surface area contributed by atoms with Gasteiger partial charge in [-0.1, -0.05) is 37.3 Å². The molecule has 1 saturated heterocycles. The van der Waals surface area contributed by atoms with Crippen molar-refractivity contribution in [1.29, 1.82) is 0 Å². The Morgan fingerprint density at radius 3 is 2.59 bits per heavy atom. The van der Waals surface area contributed by atoms with E-state index < -0.39 is 38.6 Å². The Labute approximate surface area is 187 Å². The van der Waals surface area contributed by atoms with Gasteiger partial charge in [0.2, 0.25) is 15.9 Å². The Morgan fingerprint density at radius 1 is 1.28 bits per heavy atom. The largest absolute Gasteiger partial charge is 0.371 e. The molecule has 2 aromatic carbocycles. The number of sulfonamides is 1. The quantitative estimate of drug-likeness (QED) is 0.654. The maximum Gasteiger partial charge on any atom is 0.224 e. The van der Waals surface area contributed by atoms with Gasteiger partial charge in [-0.25, -0.2) is 22.3 Å². The van der Waals surface area contributed by atoms with Crippen molar-refractivity contribution < 1.29 is 27.1 Å². The molecule has 1 unspecified atom stereocenters. The molecular formula is C23H28F2N2O4S. The predicted molar refractivity (Wildman–Crippen MR) is 118 cm³/mol. The van der Waals surface area contributed by atoms with Crippen LogP contribution in [0.15, 0.2) is 42.5 Å². The van der Waals surface area contributed by atoms with Gasteiger partial charge in [-0.05, 0) is 49.4 Å². The number of aliphatic hydroxyl groups is 1. The molecule has 0 radical (unpaired) electrons. The topological polar surface area (TPSA) is 101 Å². The maximum atomic E-state index is 15.2. The minimum Gasteiger partial charge on any atom is -0.371 e. The fraction of sp³-hybridized carbons (Fsp3) is 0.435. The third-order valence-electron chi connectivity index (χ3n) is 6.30. The van der Waals surface area contributed by atoms with Crippen molar-refractivity contribution in [3.8, 4) is 11.1 Å². The molecule has 1 heterocycles. The lowest BCUT2D eigenvalue weighted by molar-refractivity contribution is -0.154. The lowest BCUT2D eigenvalue weighted by Gasteiger charge is -2.37. The number of halogens is 2. The molecule has 0 bridgehead atoms. The van der Waals surface area contributed by atoms with Gasteiger partial charge in [0.25, 0.3) is 0 Å². The summed E-state index contributed by atoms with van der Waals surface area (Å²) in [7, 11) is -4.10. The first-order valence-electron chi connectivity index (χ1n) is 10.5. The van der Waals surface area contributed by atoms with Crippen molar-refractivity contribution >= 4 is 15.9 Å². The first-order valence-corrected chi connectivity index (χ1v) is 12.2. The summed E-state index contributed by atoms with van der Waals surface area (Å²) in [6.45, 7) is 3.30. The van der Waals surface area contributed by atoms with E-state index >= 15 is 4.39 Å². The number of carbonyl (C=O) groups excluding carboxylic acids is 1. The second kappa shape index (κ2) is 9.25. The average Bonchev–Trinajstić information content (AvgIpc) is 3.02. The zero-order valence-corrected chi connectivity index (χ0v) is 18.9. The van der Waals surface area contributed by atoms with Crippen molar-refractivity contribution in [2.75, 3.05) is 6.54 Å². The molecule has 32 heavy (non-hydrogen) atoms. The second-order valence-electron chi connectivity index (χ2n) is 8.34. The van der Waals surface area contributed by atoms with Crippen molar-refractivity contribution in [3.63, 3.8) is 0 Å². The van der Waals surface area contributed by atoms with Gasteiger partial charge in [0.15, 0.2) is 0 Å². The van der Waals surface area contributed by atoms with Crippen LogP contribution in [0, 0.1) is 17.6 Å². The van der Waals surface area contributed by atoms with Crippen LogP contribution in [0.3, 0.4) is 0 Å². The van der Waals surface area contributed by atoms with E-state index in [4.69, 9.17) is 5.14 Å². The molecule has 0 aromatic heterocycles. The van der Waals surface area contributed by atoms with Gasteiger partial charge >= 0.3 is 0 Å². The molecule has 1 aliphatic heterocycles. The molecule has 6 nitrogen and oxygen atoms in total. The van der Waals surface area contributed by atoms with Crippen molar-refractivity contribution in [1.82, 2.24) is 4.90 Å². The minimum atomic E-state index is -4.10. The third-order valence-corrected chi connectivity index (χ3v) is 7.71. The zero-order valence-electron chi connectivity index (χ0n) is 18.1. The number of carbonyl (C=O) groups is 1. The van der Waals surface area contributed by atoms with E-state index in [0.717, 1.165) is 0 Å². The van der Waals surface area contributed by atoms with Crippen LogP contribution >= 0.6 is 0 Å². The van der Waals surface area contributed by atoms with Gasteiger partial charge in [0, 0.05) is 24.4 Å². The highest BCUT2D eigenvalue weighted by Gasteiger charge is 2.51. The molecule has 1 amide bonds. The van der Waals surface area contributed by atoms with Crippen molar-refractivity contribution in [2.45, 2.75) is 50.5 Å². The first kappa shape index (κ1) is 24.3. The molecule has 0 aliphatic carbocycles. The molecule has 3 atom stereocenters. The summed E-state index contributed by atoms with van der Waals surface area (Å²) in [5, 5.41) is 15.3. The average molecular weight is 467 g/mol. The van der Waals surface area contributed by atoms with Gasteiger partial charge in [-0.3, -0.25) is 4.79 Å². The number of benzene rings is 2. The molecule has 2 aromatic rings.